The van der Waals surface area contributed by atoms with Crippen LogP contribution in [0.3, 0.4) is 0 Å². The lowest BCUT2D eigenvalue weighted by molar-refractivity contribution is -0.130. The van der Waals surface area contributed by atoms with Crippen LogP contribution in [0.1, 0.15) is 51.4 Å². The summed E-state index contributed by atoms with van der Waals surface area (Å²) in [6.07, 6.45) is 2.35. The highest BCUT2D eigenvalue weighted by atomic mass is 32.2. The number of amides is 3. The fraction of sp³-hybridized carbons (Fsp3) is 0.436. The molecule has 4 aromatic rings. The Morgan fingerprint density at radius 2 is 1.74 bits per heavy atom. The zero-order valence-corrected chi connectivity index (χ0v) is 33.0. The minimum atomic E-state index is -4.08. The second-order valence-corrected chi connectivity index (χ2v) is 17.9. The molecular formula is C39H49N7O6S2. The van der Waals surface area contributed by atoms with Crippen molar-refractivity contribution in [1.29, 1.82) is 0 Å². The lowest BCUT2D eigenvalue weighted by Crippen LogP contribution is -2.59. The number of rotatable bonds is 17. The van der Waals surface area contributed by atoms with Gasteiger partial charge < -0.3 is 20.2 Å². The highest BCUT2D eigenvalue weighted by Crippen LogP contribution is 2.30. The maximum atomic E-state index is 14.4. The van der Waals surface area contributed by atoms with Crippen molar-refractivity contribution in [2.24, 2.45) is 16.5 Å². The molecule has 3 heterocycles. The van der Waals surface area contributed by atoms with E-state index >= 15 is 0 Å². The van der Waals surface area contributed by atoms with Crippen LogP contribution < -0.4 is 5.32 Å². The van der Waals surface area contributed by atoms with E-state index in [0.717, 1.165) is 21.8 Å². The van der Waals surface area contributed by atoms with Crippen molar-refractivity contribution >= 4 is 33.3 Å². The second-order valence-electron chi connectivity index (χ2n) is 15.1. The van der Waals surface area contributed by atoms with Crippen LogP contribution in [0.2, 0.25) is 0 Å². The van der Waals surface area contributed by atoms with Gasteiger partial charge in [0.15, 0.2) is 0 Å². The molecule has 1 aliphatic heterocycles. The molecule has 3 atom stereocenters. The van der Waals surface area contributed by atoms with Crippen LogP contribution in [0.15, 0.2) is 94.6 Å². The minimum absolute atomic E-state index is 0.0180. The Bertz CT molecular complexity index is 1970. The van der Waals surface area contributed by atoms with Gasteiger partial charge in [0.05, 0.1) is 29.3 Å². The standard InChI is InChI=1S/C39H49N7O6S2/c1-27(2)23-45(54(51,52)32-15-13-29(14-16-32)21-41-50)25-34(47)33(20-28-10-7-6-8-11-28)43-36(48)35(39(3,4)5)46-19-18-44(38(46)49)24-31-26-53-37(42-31)30-12-9-17-40-22-30/h6-17,22,26-27,33-35,47H,18-21,23-25H2,1-5H3,(H,43,48)/t33-,34+,35+/m0/s1. The summed E-state index contributed by atoms with van der Waals surface area (Å²) in [5.74, 6) is -0.517. The molecule has 3 amide bonds. The van der Waals surface area contributed by atoms with E-state index in [1.165, 1.54) is 27.8 Å². The van der Waals surface area contributed by atoms with Crippen LogP contribution >= 0.6 is 11.3 Å². The molecule has 1 fully saturated rings. The third kappa shape index (κ3) is 10.1. The number of aromatic nitrogens is 2. The first-order valence-electron chi connectivity index (χ1n) is 18.0. The number of aliphatic hydroxyl groups is 1. The number of nitrogens with zero attached hydrogens (tertiary/aromatic N) is 6. The van der Waals surface area contributed by atoms with Gasteiger partial charge in [-0.2, -0.15) is 9.21 Å². The molecule has 288 valence electrons. The van der Waals surface area contributed by atoms with Gasteiger partial charge in [-0.3, -0.25) is 9.78 Å². The number of sulfonamides is 1. The van der Waals surface area contributed by atoms with Crippen molar-refractivity contribution in [3.8, 4) is 10.6 Å². The van der Waals surface area contributed by atoms with Crippen LogP contribution in [0, 0.1) is 16.2 Å². The number of carbonyl (C=O) groups is 2. The molecule has 1 aliphatic rings. The summed E-state index contributed by atoms with van der Waals surface area (Å²) in [5, 5.41) is 20.5. The third-order valence-corrected chi connectivity index (χ3v) is 12.0. The first kappa shape index (κ1) is 40.6. The van der Waals surface area contributed by atoms with Gasteiger partial charge in [-0.05, 0) is 53.1 Å². The number of hydrogen-bond acceptors (Lipinski definition) is 10. The first-order chi connectivity index (χ1) is 25.7. The Balaban J connectivity index is 1.36. The molecule has 13 nitrogen and oxygen atoms in total. The normalized spacial score (nSPS) is 15.4. The molecular weight excluding hydrogens is 727 g/mol. The zero-order chi connectivity index (χ0) is 39.0. The number of thiazole rings is 1. The van der Waals surface area contributed by atoms with Gasteiger partial charge >= 0.3 is 6.03 Å². The summed E-state index contributed by atoms with van der Waals surface area (Å²) in [7, 11) is -4.08. The lowest BCUT2D eigenvalue weighted by Gasteiger charge is -2.38. The second kappa shape index (κ2) is 17.7. The van der Waals surface area contributed by atoms with E-state index in [1.807, 2.05) is 82.5 Å². The predicted octanol–water partition coefficient (Wildman–Crippen LogP) is 5.56. The quantitative estimate of drug-likeness (QED) is 0.132. The molecule has 0 unspecified atom stereocenters. The topological polar surface area (TPSA) is 165 Å². The van der Waals surface area contributed by atoms with E-state index in [1.54, 1.807) is 34.3 Å². The maximum absolute atomic E-state index is 14.4. The Labute approximate surface area is 321 Å². The molecule has 0 spiro atoms. The SMILES string of the molecule is CC(C)CN(C[C@@H](O)[C@H](Cc1ccccc1)NC(=O)[C@@H](N1CCN(Cc2csc(-c3cccnc3)n2)C1=O)C(C)(C)C)S(=O)(=O)c1ccc(CN=O)cc1. The van der Waals surface area contributed by atoms with Crippen molar-refractivity contribution in [1.82, 2.24) is 29.4 Å². The van der Waals surface area contributed by atoms with E-state index in [4.69, 9.17) is 4.98 Å². The molecule has 5 rings (SSSR count). The number of aliphatic hydroxyl groups excluding tert-OH is 1. The Morgan fingerprint density at radius 1 is 1.02 bits per heavy atom. The van der Waals surface area contributed by atoms with Gasteiger partial charge in [-0.15, -0.1) is 11.3 Å². The Hall–Kier alpha value is -4.57. The number of nitroso groups, excluding NO2 is 1. The van der Waals surface area contributed by atoms with Gasteiger partial charge in [0, 0.05) is 49.5 Å². The fourth-order valence-corrected chi connectivity index (χ4v) is 9.03. The van der Waals surface area contributed by atoms with Gasteiger partial charge in [0.1, 0.15) is 17.6 Å². The number of urea groups is 1. The fourth-order valence-electron chi connectivity index (χ4n) is 6.60. The Kier molecular flexibility index (Phi) is 13.3. The zero-order valence-electron chi connectivity index (χ0n) is 31.3. The van der Waals surface area contributed by atoms with Crippen LogP contribution in [0.4, 0.5) is 4.79 Å². The first-order valence-corrected chi connectivity index (χ1v) is 20.3. The van der Waals surface area contributed by atoms with Crippen LogP contribution in [0.5, 0.6) is 0 Å². The van der Waals surface area contributed by atoms with Crippen molar-refractivity contribution in [3.63, 3.8) is 0 Å². The largest absolute Gasteiger partial charge is 0.390 e. The van der Waals surface area contributed by atoms with Gasteiger partial charge in [0.2, 0.25) is 15.9 Å². The maximum Gasteiger partial charge on any atom is 0.321 e. The minimum Gasteiger partial charge on any atom is -0.390 e. The number of carbonyl (C=O) groups excluding carboxylic acids is 2. The van der Waals surface area contributed by atoms with Crippen molar-refractivity contribution in [2.45, 2.75) is 77.2 Å². The van der Waals surface area contributed by atoms with Crippen LogP contribution in [-0.2, 0) is 34.3 Å². The lowest BCUT2D eigenvalue weighted by atomic mass is 9.84. The average Bonchev–Trinajstić information content (AvgIpc) is 3.74. The molecule has 2 N–H and O–H groups in total. The summed E-state index contributed by atoms with van der Waals surface area (Å²) in [6.45, 7) is 10.2. The van der Waals surface area contributed by atoms with E-state index in [0.29, 0.717) is 18.7 Å². The summed E-state index contributed by atoms with van der Waals surface area (Å²) < 4.78 is 29.1. The third-order valence-electron chi connectivity index (χ3n) is 9.18. The van der Waals surface area contributed by atoms with Crippen molar-refractivity contribution < 1.29 is 23.1 Å². The molecule has 0 radical (unpaired) electrons. The number of nitrogens with one attached hydrogen (secondary N) is 1. The van der Waals surface area contributed by atoms with Crippen molar-refractivity contribution in [2.75, 3.05) is 26.2 Å². The van der Waals surface area contributed by atoms with Gasteiger partial charge in [0.25, 0.3) is 0 Å². The molecule has 15 heteroatoms. The van der Waals surface area contributed by atoms with Crippen LogP contribution in [-0.4, -0.2) is 93.9 Å². The van der Waals surface area contributed by atoms with Gasteiger partial charge in [-0.25, -0.2) is 18.2 Å². The smallest absolute Gasteiger partial charge is 0.321 e. The summed E-state index contributed by atoms with van der Waals surface area (Å²) >= 11 is 1.48. The molecule has 0 saturated carbocycles. The van der Waals surface area contributed by atoms with E-state index in [-0.39, 0.29) is 49.4 Å². The molecule has 2 aromatic heterocycles. The monoisotopic (exact) mass is 775 g/mol. The van der Waals surface area contributed by atoms with Crippen LogP contribution in [0.25, 0.3) is 10.6 Å². The molecule has 2 aromatic carbocycles. The summed E-state index contributed by atoms with van der Waals surface area (Å²) in [6, 6.07) is 17.0. The predicted molar refractivity (Wildman–Crippen MR) is 209 cm³/mol. The molecule has 0 aliphatic carbocycles. The highest BCUT2D eigenvalue weighted by Gasteiger charge is 2.44. The summed E-state index contributed by atoms with van der Waals surface area (Å²) in [4.78, 5) is 51.2. The van der Waals surface area contributed by atoms with E-state index in [2.05, 4.69) is 15.5 Å². The van der Waals surface area contributed by atoms with E-state index in [9.17, 15) is 28.0 Å². The van der Waals surface area contributed by atoms with Crippen molar-refractivity contribution in [3.05, 3.63) is 106 Å². The van der Waals surface area contributed by atoms with E-state index < -0.39 is 39.5 Å². The number of hydrogen-bond donors (Lipinski definition) is 2. The number of pyridine rings is 1. The molecule has 0 bridgehead atoms. The molecule has 54 heavy (non-hydrogen) atoms. The average molecular weight is 776 g/mol. The Morgan fingerprint density at radius 3 is 2.37 bits per heavy atom. The number of benzene rings is 2. The summed E-state index contributed by atoms with van der Waals surface area (Å²) in [5.41, 5.74) is 2.37. The molecule has 1 saturated heterocycles. The van der Waals surface area contributed by atoms with Gasteiger partial charge in [-0.1, -0.05) is 82.3 Å². The highest BCUT2D eigenvalue weighted by molar-refractivity contribution is 7.89.